The van der Waals surface area contributed by atoms with Crippen molar-refractivity contribution in [3.05, 3.63) is 47.6 Å². The molecule has 0 spiro atoms. The van der Waals surface area contributed by atoms with Crippen molar-refractivity contribution in [2.45, 2.75) is 13.8 Å². The van der Waals surface area contributed by atoms with Crippen molar-refractivity contribution < 1.29 is 9.84 Å². The number of hydrogen-bond donors (Lipinski definition) is 0. The van der Waals surface area contributed by atoms with Gasteiger partial charge in [0, 0.05) is 0 Å². The maximum atomic E-state index is 11.1. The first-order valence-electron chi connectivity index (χ1n) is 4.56. The van der Waals surface area contributed by atoms with Crippen molar-refractivity contribution in [1.82, 2.24) is 0 Å². The smallest absolute Gasteiger partial charge is 0.0967 e. The van der Waals surface area contributed by atoms with E-state index in [9.17, 15) is 5.11 Å². The molecule has 0 amide bonds. The van der Waals surface area contributed by atoms with Crippen molar-refractivity contribution in [3.63, 3.8) is 0 Å². The van der Waals surface area contributed by atoms with E-state index in [2.05, 4.69) is 5.73 Å². The molecular formula is C12H13O2-. The molecule has 1 aromatic rings. The highest BCUT2D eigenvalue weighted by Gasteiger charge is 1.90. The molecule has 0 aliphatic heterocycles. The van der Waals surface area contributed by atoms with Crippen molar-refractivity contribution in [2.24, 2.45) is 0 Å². The number of rotatable bonds is 3. The Morgan fingerprint density at radius 3 is 2.57 bits per heavy atom. The van der Waals surface area contributed by atoms with Crippen LogP contribution in [0.3, 0.4) is 0 Å². The van der Waals surface area contributed by atoms with Gasteiger partial charge in [-0.2, -0.15) is 0 Å². The van der Waals surface area contributed by atoms with Gasteiger partial charge in [0.05, 0.1) is 5.95 Å². The van der Waals surface area contributed by atoms with Gasteiger partial charge in [-0.1, -0.05) is 43.0 Å². The van der Waals surface area contributed by atoms with Gasteiger partial charge >= 0.3 is 0 Å². The highest BCUT2D eigenvalue weighted by atomic mass is 16.6. The summed E-state index contributed by atoms with van der Waals surface area (Å²) in [6, 6.07) is 9.64. The lowest BCUT2D eigenvalue weighted by Crippen LogP contribution is -2.06. The lowest BCUT2D eigenvalue weighted by atomic mass is 10.1. The van der Waals surface area contributed by atoms with Crippen molar-refractivity contribution in [1.29, 1.82) is 0 Å². The van der Waals surface area contributed by atoms with Crippen LogP contribution in [0.1, 0.15) is 19.4 Å². The summed E-state index contributed by atoms with van der Waals surface area (Å²) in [6.07, 6.45) is 0. The van der Waals surface area contributed by atoms with Crippen LogP contribution in [0.15, 0.2) is 42.0 Å². The highest BCUT2D eigenvalue weighted by molar-refractivity contribution is 5.62. The van der Waals surface area contributed by atoms with E-state index in [-0.39, 0.29) is 0 Å². The molecule has 0 saturated carbocycles. The Morgan fingerprint density at radius 1 is 1.36 bits per heavy atom. The SMILES string of the molecule is CCOC([O-])=C=C(C)c1ccccc1. The summed E-state index contributed by atoms with van der Waals surface area (Å²) < 4.78 is 4.76. The largest absolute Gasteiger partial charge is 0.608 e. The average Bonchev–Trinajstić information content (AvgIpc) is 2.19. The van der Waals surface area contributed by atoms with Gasteiger partial charge in [0.1, 0.15) is 0 Å². The maximum Gasteiger partial charge on any atom is 0.0967 e. The van der Waals surface area contributed by atoms with Gasteiger partial charge in [0.2, 0.25) is 0 Å². The second kappa shape index (κ2) is 5.15. The summed E-state index contributed by atoms with van der Waals surface area (Å²) in [7, 11) is 0. The normalized spacial score (nSPS) is 9.00. The Labute approximate surface area is 84.1 Å². The summed E-state index contributed by atoms with van der Waals surface area (Å²) in [4.78, 5) is 0. The molecule has 74 valence electrons. The quantitative estimate of drug-likeness (QED) is 0.537. The van der Waals surface area contributed by atoms with Crippen molar-refractivity contribution >= 4 is 5.57 Å². The molecule has 0 bridgehead atoms. The lowest BCUT2D eigenvalue weighted by Gasteiger charge is -2.09. The topological polar surface area (TPSA) is 32.3 Å². The predicted molar refractivity (Wildman–Crippen MR) is 54.2 cm³/mol. The molecule has 1 rings (SSSR count). The molecule has 0 aliphatic rings. The third-order valence-electron chi connectivity index (χ3n) is 1.77. The third kappa shape index (κ3) is 3.00. The van der Waals surface area contributed by atoms with Crippen molar-refractivity contribution in [3.8, 4) is 0 Å². The fraction of sp³-hybridized carbons (Fsp3) is 0.250. The first-order chi connectivity index (χ1) is 6.74. The standard InChI is InChI=1S/C12H14O2/c1-3-14-12(13)9-10(2)11-7-5-4-6-8-11/h4-8,13H,3H2,1-2H3/p-1. The third-order valence-corrected chi connectivity index (χ3v) is 1.77. The summed E-state index contributed by atoms with van der Waals surface area (Å²) in [5, 5.41) is 11.1. The van der Waals surface area contributed by atoms with Crippen LogP contribution in [0.4, 0.5) is 0 Å². The van der Waals surface area contributed by atoms with Crippen LogP contribution in [0.2, 0.25) is 0 Å². The molecule has 0 heterocycles. The number of benzene rings is 1. The number of allylic oxidation sites excluding steroid dienone is 1. The maximum absolute atomic E-state index is 11.1. The zero-order valence-electron chi connectivity index (χ0n) is 8.41. The zero-order valence-corrected chi connectivity index (χ0v) is 8.41. The molecule has 0 atom stereocenters. The molecule has 2 heteroatoms. The zero-order chi connectivity index (χ0) is 10.4. The summed E-state index contributed by atoms with van der Waals surface area (Å²) in [5.41, 5.74) is 4.43. The Balaban J connectivity index is 2.95. The Kier molecular flexibility index (Phi) is 3.84. The number of hydrogen-bond acceptors (Lipinski definition) is 2. The van der Waals surface area contributed by atoms with Crippen LogP contribution in [0.25, 0.3) is 5.57 Å². The molecule has 0 aliphatic carbocycles. The number of ether oxygens (including phenoxy) is 1. The molecule has 0 fully saturated rings. The lowest BCUT2D eigenvalue weighted by molar-refractivity contribution is -0.355. The van der Waals surface area contributed by atoms with E-state index >= 15 is 0 Å². The molecule has 0 aromatic heterocycles. The average molecular weight is 189 g/mol. The van der Waals surface area contributed by atoms with Crippen LogP contribution in [0.5, 0.6) is 0 Å². The van der Waals surface area contributed by atoms with Crippen LogP contribution in [-0.2, 0) is 4.74 Å². The van der Waals surface area contributed by atoms with Gasteiger partial charge < -0.3 is 9.84 Å². The molecule has 0 radical (unpaired) electrons. The second-order valence-electron chi connectivity index (χ2n) is 2.84. The second-order valence-corrected chi connectivity index (χ2v) is 2.84. The Morgan fingerprint density at radius 2 is 2.00 bits per heavy atom. The van der Waals surface area contributed by atoms with E-state index in [4.69, 9.17) is 4.74 Å². The first kappa shape index (κ1) is 10.4. The van der Waals surface area contributed by atoms with Gasteiger partial charge in [-0.3, -0.25) is 0 Å². The molecule has 0 unspecified atom stereocenters. The molecule has 0 saturated heterocycles. The van der Waals surface area contributed by atoms with Crippen LogP contribution in [0, 0.1) is 0 Å². The molecule has 14 heavy (non-hydrogen) atoms. The van der Waals surface area contributed by atoms with Gasteiger partial charge in [-0.05, 0) is 24.7 Å². The molecule has 0 N–H and O–H groups in total. The fourth-order valence-electron chi connectivity index (χ4n) is 1.08. The Bertz CT molecular complexity index is 346. The minimum Gasteiger partial charge on any atom is -0.608 e. The highest BCUT2D eigenvalue weighted by Crippen LogP contribution is 2.11. The summed E-state index contributed by atoms with van der Waals surface area (Å²) in [5.74, 6) is -0.408. The predicted octanol–water partition coefficient (Wildman–Crippen LogP) is 1.93. The van der Waals surface area contributed by atoms with Crippen LogP contribution in [-0.4, -0.2) is 6.61 Å². The summed E-state index contributed by atoms with van der Waals surface area (Å²) in [6.45, 7) is 4.00. The molecule has 2 nitrogen and oxygen atoms in total. The minimum atomic E-state index is -0.408. The van der Waals surface area contributed by atoms with E-state index in [1.165, 1.54) is 0 Å². The fourth-order valence-corrected chi connectivity index (χ4v) is 1.08. The summed E-state index contributed by atoms with van der Waals surface area (Å²) >= 11 is 0. The minimum absolute atomic E-state index is 0.383. The van der Waals surface area contributed by atoms with Gasteiger partial charge in [0.25, 0.3) is 0 Å². The van der Waals surface area contributed by atoms with E-state index in [0.717, 1.165) is 11.1 Å². The van der Waals surface area contributed by atoms with Gasteiger partial charge in [-0.25, -0.2) is 0 Å². The van der Waals surface area contributed by atoms with E-state index < -0.39 is 5.95 Å². The van der Waals surface area contributed by atoms with Crippen molar-refractivity contribution in [2.75, 3.05) is 6.61 Å². The molecular weight excluding hydrogens is 176 g/mol. The monoisotopic (exact) mass is 189 g/mol. The van der Waals surface area contributed by atoms with E-state index in [1.54, 1.807) is 6.92 Å². The van der Waals surface area contributed by atoms with Crippen LogP contribution < -0.4 is 5.11 Å². The van der Waals surface area contributed by atoms with Gasteiger partial charge in [-0.15, -0.1) is 0 Å². The van der Waals surface area contributed by atoms with E-state index in [1.807, 2.05) is 37.3 Å². The Hall–Kier alpha value is -1.66. The van der Waals surface area contributed by atoms with E-state index in [0.29, 0.717) is 6.61 Å². The van der Waals surface area contributed by atoms with Gasteiger partial charge in [0.15, 0.2) is 0 Å². The first-order valence-corrected chi connectivity index (χ1v) is 4.56. The molecule has 1 aromatic carbocycles. The van der Waals surface area contributed by atoms with Crippen LogP contribution >= 0.6 is 0 Å².